The van der Waals surface area contributed by atoms with Crippen molar-refractivity contribution in [3.63, 3.8) is 0 Å². The molecule has 0 unspecified atom stereocenters. The Morgan fingerprint density at radius 2 is 1.55 bits per heavy atom. The molecule has 2 aromatic heterocycles. The monoisotopic (exact) mass is 575 g/mol. The summed E-state index contributed by atoms with van der Waals surface area (Å²) in [6, 6.07) is 33.1. The van der Waals surface area contributed by atoms with Gasteiger partial charge in [0.1, 0.15) is 5.65 Å². The molecule has 0 fully saturated rings. The first-order valence-electron chi connectivity index (χ1n) is 14.0. The van der Waals surface area contributed by atoms with Gasteiger partial charge in [0.15, 0.2) is 0 Å². The van der Waals surface area contributed by atoms with E-state index in [0.29, 0.717) is 5.69 Å². The molecule has 42 heavy (non-hydrogen) atoms. The van der Waals surface area contributed by atoms with Crippen molar-refractivity contribution in [1.82, 2.24) is 20.6 Å². The highest BCUT2D eigenvalue weighted by molar-refractivity contribution is 7.92. The molecule has 0 atom stereocenters. The van der Waals surface area contributed by atoms with Crippen LogP contribution in [0.3, 0.4) is 0 Å². The predicted molar refractivity (Wildman–Crippen MR) is 172 cm³/mol. The van der Waals surface area contributed by atoms with Crippen LogP contribution in [0.1, 0.15) is 5.56 Å². The number of rotatable bonds is 10. The summed E-state index contributed by atoms with van der Waals surface area (Å²) in [4.78, 5) is 8.54. The number of hydrogen-bond acceptors (Lipinski definition) is 5. The molecule has 6 aromatic rings. The third kappa shape index (κ3) is 5.27. The summed E-state index contributed by atoms with van der Waals surface area (Å²) < 4.78 is 28.2. The second kappa shape index (κ2) is 11.8. The van der Waals surface area contributed by atoms with E-state index in [-0.39, 0.29) is 4.90 Å². The van der Waals surface area contributed by atoms with Gasteiger partial charge in [-0.15, -0.1) is 0 Å². The maximum absolute atomic E-state index is 13.4. The van der Waals surface area contributed by atoms with Crippen LogP contribution in [-0.2, 0) is 16.6 Å². The number of sulfonamides is 1. The van der Waals surface area contributed by atoms with Gasteiger partial charge in [-0.1, -0.05) is 72.8 Å². The van der Waals surface area contributed by atoms with Gasteiger partial charge in [0, 0.05) is 60.3 Å². The standard InChI is InChI=1S/C34H33N5O2S/c1-35-19-20-36-22-24-13-15-25(16-14-24)30-23-37-34-33(32(30)26-9-5-3-6-10-26)29-21-27(17-18-31(29)38-34)39(2)42(40,41)28-11-7-4-8-12-28/h3-18,21,23,35-36H,19-20,22H2,1-2H3,(H,37,38). The first kappa shape index (κ1) is 27.7. The minimum Gasteiger partial charge on any atom is -0.339 e. The lowest BCUT2D eigenvalue weighted by atomic mass is 9.92. The van der Waals surface area contributed by atoms with Gasteiger partial charge in [-0.3, -0.25) is 4.31 Å². The molecular formula is C34H33N5O2S. The number of fused-ring (bicyclic) bond motifs is 3. The lowest BCUT2D eigenvalue weighted by Gasteiger charge is -2.20. The van der Waals surface area contributed by atoms with E-state index in [9.17, 15) is 8.42 Å². The van der Waals surface area contributed by atoms with E-state index < -0.39 is 10.0 Å². The minimum atomic E-state index is -3.73. The molecule has 212 valence electrons. The van der Waals surface area contributed by atoms with Gasteiger partial charge in [-0.25, -0.2) is 13.4 Å². The third-order valence-electron chi connectivity index (χ3n) is 7.58. The van der Waals surface area contributed by atoms with Crippen LogP contribution in [0, 0.1) is 0 Å². The average molecular weight is 576 g/mol. The first-order chi connectivity index (χ1) is 20.5. The molecule has 3 N–H and O–H groups in total. The molecule has 4 aromatic carbocycles. The maximum atomic E-state index is 13.4. The zero-order chi connectivity index (χ0) is 29.1. The van der Waals surface area contributed by atoms with Gasteiger partial charge in [0.2, 0.25) is 0 Å². The summed E-state index contributed by atoms with van der Waals surface area (Å²) in [6.45, 7) is 2.63. The topological polar surface area (TPSA) is 90.1 Å². The van der Waals surface area contributed by atoms with Crippen LogP contribution in [0.2, 0.25) is 0 Å². The molecule has 0 aliphatic heterocycles. The average Bonchev–Trinajstić information content (AvgIpc) is 3.41. The Kier molecular flexibility index (Phi) is 7.75. The molecule has 7 nitrogen and oxygen atoms in total. The number of hydrogen-bond donors (Lipinski definition) is 3. The number of nitrogens with zero attached hydrogens (tertiary/aromatic N) is 2. The van der Waals surface area contributed by atoms with Gasteiger partial charge < -0.3 is 15.6 Å². The zero-order valence-corrected chi connectivity index (χ0v) is 24.4. The lowest BCUT2D eigenvalue weighted by Crippen LogP contribution is -2.26. The predicted octanol–water partition coefficient (Wildman–Crippen LogP) is 6.18. The summed E-state index contributed by atoms with van der Waals surface area (Å²) in [6.07, 6.45) is 1.92. The highest BCUT2D eigenvalue weighted by Crippen LogP contribution is 2.41. The van der Waals surface area contributed by atoms with E-state index in [2.05, 4.69) is 52.0 Å². The number of aromatic amines is 1. The number of aromatic nitrogens is 2. The molecule has 8 heteroatoms. The van der Waals surface area contributed by atoms with E-state index in [0.717, 1.165) is 63.8 Å². The molecule has 0 bridgehead atoms. The zero-order valence-electron chi connectivity index (χ0n) is 23.6. The van der Waals surface area contributed by atoms with Crippen LogP contribution in [0.25, 0.3) is 44.2 Å². The summed E-state index contributed by atoms with van der Waals surface area (Å²) in [5.74, 6) is 0. The van der Waals surface area contributed by atoms with Gasteiger partial charge in [0.25, 0.3) is 10.0 Å². The fourth-order valence-electron chi connectivity index (χ4n) is 5.30. The lowest BCUT2D eigenvalue weighted by molar-refractivity contribution is 0.594. The fourth-order valence-corrected chi connectivity index (χ4v) is 6.51. The van der Waals surface area contributed by atoms with E-state index in [1.807, 2.05) is 55.7 Å². The van der Waals surface area contributed by atoms with Crippen molar-refractivity contribution in [2.45, 2.75) is 11.4 Å². The van der Waals surface area contributed by atoms with Crippen LogP contribution >= 0.6 is 0 Å². The molecule has 0 saturated carbocycles. The Morgan fingerprint density at radius 3 is 2.26 bits per heavy atom. The molecule has 2 heterocycles. The van der Waals surface area contributed by atoms with E-state index in [1.54, 1.807) is 31.3 Å². The van der Waals surface area contributed by atoms with Crippen molar-refractivity contribution in [3.8, 4) is 22.3 Å². The Balaban J connectivity index is 1.48. The maximum Gasteiger partial charge on any atom is 0.264 e. The fraction of sp³-hybridized carbons (Fsp3) is 0.147. The molecule has 0 aliphatic carbocycles. The van der Waals surface area contributed by atoms with E-state index >= 15 is 0 Å². The highest BCUT2D eigenvalue weighted by atomic mass is 32.2. The van der Waals surface area contributed by atoms with Gasteiger partial charge in [-0.05, 0) is 54.1 Å². The summed E-state index contributed by atoms with van der Waals surface area (Å²) in [5, 5.41) is 8.47. The first-order valence-corrected chi connectivity index (χ1v) is 15.4. The molecule has 0 spiro atoms. The van der Waals surface area contributed by atoms with Crippen molar-refractivity contribution in [3.05, 3.63) is 115 Å². The molecule has 0 amide bonds. The minimum absolute atomic E-state index is 0.251. The van der Waals surface area contributed by atoms with Crippen molar-refractivity contribution >= 4 is 37.6 Å². The van der Waals surface area contributed by atoms with Crippen molar-refractivity contribution in [2.24, 2.45) is 0 Å². The van der Waals surface area contributed by atoms with Crippen molar-refractivity contribution < 1.29 is 8.42 Å². The van der Waals surface area contributed by atoms with Gasteiger partial charge in [0.05, 0.1) is 10.6 Å². The number of anilines is 1. The smallest absolute Gasteiger partial charge is 0.264 e. The summed E-state index contributed by atoms with van der Waals surface area (Å²) in [7, 11) is -0.184. The number of nitrogens with one attached hydrogen (secondary N) is 3. The molecule has 6 rings (SSSR count). The number of pyridine rings is 1. The normalized spacial score (nSPS) is 11.8. The summed E-state index contributed by atoms with van der Waals surface area (Å²) in [5.41, 5.74) is 7.63. The Labute approximate surface area is 246 Å². The summed E-state index contributed by atoms with van der Waals surface area (Å²) >= 11 is 0. The Bertz CT molecular complexity index is 1940. The molecule has 0 radical (unpaired) electrons. The Hall–Kier alpha value is -4.50. The number of H-pyrrole nitrogens is 1. The van der Waals surface area contributed by atoms with E-state index in [4.69, 9.17) is 4.98 Å². The van der Waals surface area contributed by atoms with Crippen LogP contribution < -0.4 is 14.9 Å². The molecule has 0 aliphatic rings. The van der Waals surface area contributed by atoms with Crippen LogP contribution in [0.15, 0.2) is 114 Å². The highest BCUT2D eigenvalue weighted by Gasteiger charge is 2.23. The van der Waals surface area contributed by atoms with Crippen LogP contribution in [0.4, 0.5) is 5.69 Å². The van der Waals surface area contributed by atoms with Crippen LogP contribution in [-0.4, -0.2) is 45.6 Å². The second-order valence-corrected chi connectivity index (χ2v) is 12.2. The van der Waals surface area contributed by atoms with Crippen LogP contribution in [0.5, 0.6) is 0 Å². The SMILES string of the molecule is CNCCNCc1ccc(-c2cnc3[nH]c4ccc(N(C)S(=O)(=O)c5ccccc5)cc4c3c2-c2ccccc2)cc1. The van der Waals surface area contributed by atoms with Crippen molar-refractivity contribution in [1.29, 1.82) is 0 Å². The van der Waals surface area contributed by atoms with Gasteiger partial charge >= 0.3 is 0 Å². The van der Waals surface area contributed by atoms with Crippen molar-refractivity contribution in [2.75, 3.05) is 31.5 Å². The van der Waals surface area contributed by atoms with E-state index in [1.165, 1.54) is 9.87 Å². The van der Waals surface area contributed by atoms with Gasteiger partial charge in [-0.2, -0.15) is 0 Å². The number of benzene rings is 4. The Morgan fingerprint density at radius 1 is 0.833 bits per heavy atom. The quantitative estimate of drug-likeness (QED) is 0.170. The third-order valence-corrected chi connectivity index (χ3v) is 9.38. The molecule has 0 saturated heterocycles. The molecular weight excluding hydrogens is 542 g/mol. The largest absolute Gasteiger partial charge is 0.339 e. The number of likely N-dealkylation sites (N-methyl/N-ethyl adjacent to an activating group) is 1. The second-order valence-electron chi connectivity index (χ2n) is 10.3.